The standard InChI is InChI=1S/C24H31N5O/c1-24(2)13-19-17(5-3-4-12-25)20(30-16-8-6-15(26)7-9-16)11-10-18(19)22-21(24)23(27)29-14-28-22/h10-11,14-16H,3-9,13,26H2,1-2H3,(H2,27,28,29)/t15-,16-. The molecule has 0 atom stereocenters. The Balaban J connectivity index is 1.76. The maximum atomic E-state index is 9.06. The molecule has 6 heteroatoms. The van der Waals surface area contributed by atoms with Crippen LogP contribution < -0.4 is 16.2 Å². The fraction of sp³-hybridized carbons (Fsp3) is 0.542. The molecule has 0 saturated heterocycles. The van der Waals surface area contributed by atoms with Gasteiger partial charge in [0.05, 0.1) is 17.9 Å². The first-order valence-electron chi connectivity index (χ1n) is 11.0. The molecule has 0 aliphatic heterocycles. The maximum absolute atomic E-state index is 9.06. The number of fused-ring (bicyclic) bond motifs is 3. The number of hydrogen-bond acceptors (Lipinski definition) is 6. The Kier molecular flexibility index (Phi) is 5.66. The highest BCUT2D eigenvalue weighted by atomic mass is 16.5. The molecule has 1 aromatic carbocycles. The number of rotatable bonds is 5. The lowest BCUT2D eigenvalue weighted by molar-refractivity contribution is 0.145. The van der Waals surface area contributed by atoms with Gasteiger partial charge in [0.25, 0.3) is 0 Å². The summed E-state index contributed by atoms with van der Waals surface area (Å²) < 4.78 is 6.52. The molecule has 0 radical (unpaired) electrons. The molecule has 2 aliphatic carbocycles. The van der Waals surface area contributed by atoms with Crippen LogP contribution in [0, 0.1) is 11.3 Å². The van der Waals surface area contributed by atoms with Gasteiger partial charge >= 0.3 is 0 Å². The van der Waals surface area contributed by atoms with Crippen molar-refractivity contribution in [2.75, 3.05) is 5.73 Å². The van der Waals surface area contributed by atoms with Crippen molar-refractivity contribution in [3.63, 3.8) is 0 Å². The van der Waals surface area contributed by atoms with E-state index in [1.54, 1.807) is 6.33 Å². The Morgan fingerprint density at radius 2 is 1.97 bits per heavy atom. The van der Waals surface area contributed by atoms with Crippen LogP contribution in [0.1, 0.15) is 69.1 Å². The first-order valence-corrected chi connectivity index (χ1v) is 11.0. The summed E-state index contributed by atoms with van der Waals surface area (Å²) in [4.78, 5) is 8.85. The predicted molar refractivity (Wildman–Crippen MR) is 118 cm³/mol. The predicted octanol–water partition coefficient (Wildman–Crippen LogP) is 4.05. The zero-order valence-electron chi connectivity index (χ0n) is 17.9. The summed E-state index contributed by atoms with van der Waals surface area (Å²) >= 11 is 0. The van der Waals surface area contributed by atoms with Crippen LogP contribution in [0.4, 0.5) is 5.82 Å². The molecule has 2 aliphatic rings. The lowest BCUT2D eigenvalue weighted by Crippen LogP contribution is -2.32. The van der Waals surface area contributed by atoms with Gasteiger partial charge in [-0.1, -0.05) is 13.8 Å². The van der Waals surface area contributed by atoms with Crippen molar-refractivity contribution in [1.82, 2.24) is 9.97 Å². The molecule has 1 heterocycles. The molecule has 1 aromatic heterocycles. The van der Waals surface area contributed by atoms with Gasteiger partial charge in [-0.3, -0.25) is 0 Å². The average molecular weight is 406 g/mol. The minimum atomic E-state index is -0.173. The average Bonchev–Trinajstić information content (AvgIpc) is 2.71. The van der Waals surface area contributed by atoms with Gasteiger partial charge in [0, 0.05) is 23.6 Å². The second kappa shape index (κ2) is 8.23. The molecular formula is C24H31N5O. The van der Waals surface area contributed by atoms with E-state index in [4.69, 9.17) is 21.5 Å². The van der Waals surface area contributed by atoms with Crippen molar-refractivity contribution in [3.8, 4) is 23.1 Å². The quantitative estimate of drug-likeness (QED) is 0.726. The van der Waals surface area contributed by atoms with Gasteiger partial charge in [-0.25, -0.2) is 9.97 Å². The molecule has 0 unspecified atom stereocenters. The van der Waals surface area contributed by atoms with Crippen molar-refractivity contribution >= 4 is 5.82 Å². The van der Waals surface area contributed by atoms with Crippen LogP contribution in [-0.4, -0.2) is 22.1 Å². The number of nitrogen functional groups attached to an aromatic ring is 1. The Labute approximate surface area is 178 Å². The number of nitriles is 1. The fourth-order valence-electron chi connectivity index (χ4n) is 5.01. The van der Waals surface area contributed by atoms with E-state index in [0.717, 1.165) is 67.5 Å². The second-order valence-corrected chi connectivity index (χ2v) is 9.28. The monoisotopic (exact) mass is 405 g/mol. The normalized spacial score (nSPS) is 21.9. The molecule has 158 valence electrons. The third kappa shape index (κ3) is 3.87. The van der Waals surface area contributed by atoms with E-state index in [1.807, 2.05) is 0 Å². The van der Waals surface area contributed by atoms with Crippen LogP contribution in [0.25, 0.3) is 11.3 Å². The molecule has 2 aromatic rings. The molecular weight excluding hydrogens is 374 g/mol. The van der Waals surface area contributed by atoms with Gasteiger partial charge in [-0.05, 0) is 73.6 Å². The second-order valence-electron chi connectivity index (χ2n) is 9.28. The van der Waals surface area contributed by atoms with Gasteiger partial charge in [-0.15, -0.1) is 0 Å². The molecule has 0 amide bonds. The van der Waals surface area contributed by atoms with Gasteiger partial charge in [-0.2, -0.15) is 5.26 Å². The Bertz CT molecular complexity index is 970. The zero-order chi connectivity index (χ0) is 21.3. The molecule has 0 bridgehead atoms. The summed E-state index contributed by atoms with van der Waals surface area (Å²) in [5.74, 6) is 1.51. The number of hydrogen-bond donors (Lipinski definition) is 2. The number of aromatic nitrogens is 2. The van der Waals surface area contributed by atoms with Crippen molar-refractivity contribution in [1.29, 1.82) is 5.26 Å². The SMILES string of the molecule is CC1(C)Cc2c(ccc(O[C@H]3CC[C@H](N)CC3)c2CCCC#N)-c2ncnc(N)c21. The van der Waals surface area contributed by atoms with Crippen molar-refractivity contribution < 1.29 is 4.74 Å². The Hall–Kier alpha value is -2.65. The minimum absolute atomic E-state index is 0.173. The first-order chi connectivity index (χ1) is 14.4. The lowest BCUT2D eigenvalue weighted by atomic mass is 9.70. The van der Waals surface area contributed by atoms with Gasteiger partial charge < -0.3 is 16.2 Å². The van der Waals surface area contributed by atoms with E-state index in [-0.39, 0.29) is 11.5 Å². The summed E-state index contributed by atoms with van der Waals surface area (Å²) in [6.45, 7) is 4.40. The summed E-state index contributed by atoms with van der Waals surface area (Å²) in [6, 6.07) is 6.77. The zero-order valence-corrected chi connectivity index (χ0v) is 17.9. The smallest absolute Gasteiger partial charge is 0.131 e. The third-order valence-corrected chi connectivity index (χ3v) is 6.54. The highest BCUT2D eigenvalue weighted by molar-refractivity contribution is 5.77. The Morgan fingerprint density at radius 1 is 1.20 bits per heavy atom. The van der Waals surface area contributed by atoms with E-state index < -0.39 is 0 Å². The highest BCUT2D eigenvalue weighted by Gasteiger charge is 2.36. The molecule has 1 saturated carbocycles. The van der Waals surface area contributed by atoms with E-state index in [2.05, 4.69) is 42.0 Å². The summed E-state index contributed by atoms with van der Waals surface area (Å²) in [5.41, 5.74) is 17.7. The van der Waals surface area contributed by atoms with Crippen molar-refractivity contribution in [3.05, 3.63) is 35.2 Å². The van der Waals surface area contributed by atoms with E-state index in [1.165, 1.54) is 11.1 Å². The van der Waals surface area contributed by atoms with Gasteiger partial charge in [0.1, 0.15) is 17.9 Å². The minimum Gasteiger partial charge on any atom is -0.490 e. The fourth-order valence-corrected chi connectivity index (χ4v) is 5.01. The molecule has 6 nitrogen and oxygen atoms in total. The largest absolute Gasteiger partial charge is 0.490 e. The maximum Gasteiger partial charge on any atom is 0.131 e. The number of ether oxygens (including phenoxy) is 1. The number of nitrogens with two attached hydrogens (primary N) is 2. The van der Waals surface area contributed by atoms with Crippen LogP contribution in [0.5, 0.6) is 5.75 Å². The third-order valence-electron chi connectivity index (χ3n) is 6.54. The van der Waals surface area contributed by atoms with E-state index in [0.29, 0.717) is 18.3 Å². The van der Waals surface area contributed by atoms with Crippen LogP contribution in [-0.2, 0) is 18.3 Å². The summed E-state index contributed by atoms with van der Waals surface area (Å²) in [6.07, 6.45) is 8.79. The van der Waals surface area contributed by atoms with Crippen LogP contribution in [0.2, 0.25) is 0 Å². The van der Waals surface area contributed by atoms with Crippen LogP contribution >= 0.6 is 0 Å². The van der Waals surface area contributed by atoms with Crippen molar-refractivity contribution in [2.24, 2.45) is 5.73 Å². The molecule has 4 N–H and O–H groups in total. The number of anilines is 1. The van der Waals surface area contributed by atoms with Crippen molar-refractivity contribution in [2.45, 2.75) is 82.8 Å². The molecule has 0 spiro atoms. The topological polar surface area (TPSA) is 111 Å². The summed E-state index contributed by atoms with van der Waals surface area (Å²) in [7, 11) is 0. The lowest BCUT2D eigenvalue weighted by Gasteiger charge is -2.36. The van der Waals surface area contributed by atoms with Crippen LogP contribution in [0.15, 0.2) is 18.5 Å². The number of benzene rings is 1. The number of unbranched alkanes of at least 4 members (excludes halogenated alkanes) is 1. The Morgan fingerprint density at radius 3 is 2.70 bits per heavy atom. The van der Waals surface area contributed by atoms with E-state index in [9.17, 15) is 0 Å². The first kappa shape index (κ1) is 20.6. The van der Waals surface area contributed by atoms with E-state index >= 15 is 0 Å². The molecule has 4 rings (SSSR count). The van der Waals surface area contributed by atoms with Crippen LogP contribution in [0.3, 0.4) is 0 Å². The molecule has 1 fully saturated rings. The van der Waals surface area contributed by atoms with Gasteiger partial charge in [0.2, 0.25) is 0 Å². The van der Waals surface area contributed by atoms with Gasteiger partial charge in [0.15, 0.2) is 0 Å². The highest BCUT2D eigenvalue weighted by Crippen LogP contribution is 2.47. The molecule has 30 heavy (non-hydrogen) atoms. The summed E-state index contributed by atoms with van der Waals surface area (Å²) in [5, 5.41) is 9.06. The number of nitrogens with zero attached hydrogens (tertiary/aromatic N) is 3.